The Hall–Kier alpha value is -2.98. The highest BCUT2D eigenvalue weighted by Gasteiger charge is 2.52. The fourth-order valence-electron chi connectivity index (χ4n) is 4.17. The zero-order valence-electron chi connectivity index (χ0n) is 16.2. The van der Waals surface area contributed by atoms with Crippen molar-refractivity contribution in [2.24, 2.45) is 4.99 Å². The average molecular weight is 463 g/mol. The number of carbonyl (C=O) groups excluding carboxylic acids is 2. The van der Waals surface area contributed by atoms with Crippen molar-refractivity contribution in [3.05, 3.63) is 62.5 Å². The van der Waals surface area contributed by atoms with Gasteiger partial charge in [-0.3, -0.25) is 4.99 Å². The number of carbonyl (C=O) groups is 2. The molecule has 5 rings (SSSR count). The highest BCUT2D eigenvalue weighted by Crippen LogP contribution is 2.44. The van der Waals surface area contributed by atoms with Gasteiger partial charge in [-0.1, -0.05) is 17.7 Å². The van der Waals surface area contributed by atoms with Crippen LogP contribution in [0.25, 0.3) is 0 Å². The van der Waals surface area contributed by atoms with Gasteiger partial charge in [0.2, 0.25) is 0 Å². The molecule has 4 heterocycles. The molecular weight excluding hydrogens is 447 g/mol. The number of nitrogens with zero attached hydrogens (tertiary/aromatic N) is 3. The van der Waals surface area contributed by atoms with E-state index < -0.39 is 29.5 Å². The van der Waals surface area contributed by atoms with Crippen LogP contribution in [0.4, 0.5) is 9.18 Å². The normalized spacial score (nSPS) is 24.7. The van der Waals surface area contributed by atoms with E-state index >= 15 is 0 Å². The number of cyclic esters (lactones) is 1. The maximum atomic E-state index is 14.3. The minimum Gasteiger partial charge on any atom is -0.466 e. The molecule has 0 saturated carbocycles. The molecule has 1 aromatic carbocycles. The van der Waals surface area contributed by atoms with Crippen molar-refractivity contribution >= 4 is 40.8 Å². The molecule has 1 N–H and O–H groups in total. The number of ether oxygens (including phenoxy) is 2. The van der Waals surface area contributed by atoms with E-state index in [1.165, 1.54) is 30.6 Å². The highest BCUT2D eigenvalue weighted by atomic mass is 35.5. The van der Waals surface area contributed by atoms with E-state index in [2.05, 4.69) is 10.3 Å². The Labute approximate surface area is 185 Å². The molecule has 0 unspecified atom stereocenters. The minimum atomic E-state index is -0.822. The molecule has 2 atom stereocenters. The lowest BCUT2D eigenvalue weighted by atomic mass is 9.92. The molecule has 2 aromatic rings. The van der Waals surface area contributed by atoms with Crippen molar-refractivity contribution in [2.75, 3.05) is 20.3 Å². The second-order valence-corrected chi connectivity index (χ2v) is 8.76. The maximum Gasteiger partial charge on any atom is 0.407 e. The predicted molar refractivity (Wildman–Crippen MR) is 110 cm³/mol. The standard InChI is InChI=1S/C20H16ClFN4O4S/c1-29-18(27)14-13-7-20(9-30-19(28)25-20)8-26(13)16(17-23-4-5-31-17)24-15(14)10-2-3-11(21)12(22)6-10/h2-6,15H,7-9H2,1H3,(H,25,28)/t15-,20-/m0/s1. The summed E-state index contributed by atoms with van der Waals surface area (Å²) in [6.45, 7) is 0.514. The van der Waals surface area contributed by atoms with Crippen molar-refractivity contribution in [3.8, 4) is 0 Å². The number of hydrogen-bond donors (Lipinski definition) is 1. The van der Waals surface area contributed by atoms with E-state index in [0.29, 0.717) is 35.1 Å². The third-order valence-corrected chi connectivity index (χ3v) is 6.59. The summed E-state index contributed by atoms with van der Waals surface area (Å²) in [6, 6.07) is 3.50. The van der Waals surface area contributed by atoms with Gasteiger partial charge in [-0.25, -0.2) is 19.0 Å². The molecule has 2 saturated heterocycles. The molecule has 1 amide bonds. The highest BCUT2D eigenvalue weighted by molar-refractivity contribution is 7.11. The van der Waals surface area contributed by atoms with Crippen LogP contribution in [-0.4, -0.2) is 53.6 Å². The van der Waals surface area contributed by atoms with Crippen LogP contribution in [0, 0.1) is 5.82 Å². The van der Waals surface area contributed by atoms with Gasteiger partial charge in [-0.2, -0.15) is 0 Å². The number of methoxy groups -OCH3 is 1. The van der Waals surface area contributed by atoms with Crippen LogP contribution < -0.4 is 5.32 Å². The number of alkyl carbamates (subject to hydrolysis) is 1. The molecular formula is C20H16ClFN4O4S. The molecule has 8 nitrogen and oxygen atoms in total. The van der Waals surface area contributed by atoms with Crippen molar-refractivity contribution in [2.45, 2.75) is 18.0 Å². The summed E-state index contributed by atoms with van der Waals surface area (Å²) in [5.41, 5.74) is 0.668. The van der Waals surface area contributed by atoms with Gasteiger partial charge >= 0.3 is 12.1 Å². The first-order valence-electron chi connectivity index (χ1n) is 9.37. The first-order chi connectivity index (χ1) is 14.9. The summed E-state index contributed by atoms with van der Waals surface area (Å²) in [5, 5.41) is 5.30. The van der Waals surface area contributed by atoms with Crippen LogP contribution in [-0.2, 0) is 14.3 Å². The lowest BCUT2D eigenvalue weighted by Crippen LogP contribution is -2.47. The number of fused-ring (bicyclic) bond motifs is 1. The Balaban J connectivity index is 1.70. The zero-order chi connectivity index (χ0) is 21.8. The fraction of sp³-hybridized carbons (Fsp3) is 0.300. The third-order valence-electron chi connectivity index (χ3n) is 5.52. The van der Waals surface area contributed by atoms with Gasteiger partial charge in [-0.15, -0.1) is 11.3 Å². The lowest BCUT2D eigenvalue weighted by Gasteiger charge is -2.31. The van der Waals surface area contributed by atoms with Crippen LogP contribution in [0.5, 0.6) is 0 Å². The zero-order valence-corrected chi connectivity index (χ0v) is 17.8. The Kier molecular flexibility index (Phi) is 4.71. The molecule has 3 aliphatic heterocycles. The van der Waals surface area contributed by atoms with E-state index in [4.69, 9.17) is 26.1 Å². The van der Waals surface area contributed by atoms with E-state index in [9.17, 15) is 14.0 Å². The summed E-state index contributed by atoms with van der Waals surface area (Å²) in [5.74, 6) is -0.651. The van der Waals surface area contributed by atoms with Gasteiger partial charge in [0.25, 0.3) is 0 Å². The number of thiazole rings is 1. The second kappa shape index (κ2) is 7.31. The summed E-state index contributed by atoms with van der Waals surface area (Å²) in [7, 11) is 1.28. The summed E-state index contributed by atoms with van der Waals surface area (Å²) >= 11 is 7.25. The quantitative estimate of drug-likeness (QED) is 0.705. The third kappa shape index (κ3) is 3.26. The summed E-state index contributed by atoms with van der Waals surface area (Å²) < 4.78 is 24.5. The Bertz CT molecular complexity index is 1150. The first kappa shape index (κ1) is 20.0. The Morgan fingerprint density at radius 1 is 1.48 bits per heavy atom. The summed E-state index contributed by atoms with van der Waals surface area (Å²) in [6.07, 6.45) is 1.48. The van der Waals surface area contributed by atoms with Gasteiger partial charge in [0.15, 0.2) is 10.8 Å². The van der Waals surface area contributed by atoms with Crippen LogP contribution in [0.1, 0.15) is 23.0 Å². The molecule has 2 fully saturated rings. The predicted octanol–water partition coefficient (Wildman–Crippen LogP) is 3.05. The Morgan fingerprint density at radius 2 is 2.32 bits per heavy atom. The number of rotatable bonds is 3. The average Bonchev–Trinajstić information content (AvgIpc) is 3.49. The molecule has 3 aliphatic rings. The number of benzene rings is 1. The number of hydrogen-bond acceptors (Lipinski definition) is 8. The number of esters is 1. The number of halogens is 2. The minimum absolute atomic E-state index is 0.0248. The molecule has 1 aromatic heterocycles. The van der Waals surface area contributed by atoms with Crippen molar-refractivity contribution in [3.63, 3.8) is 0 Å². The van der Waals surface area contributed by atoms with Gasteiger partial charge in [0, 0.05) is 23.7 Å². The van der Waals surface area contributed by atoms with E-state index in [0.717, 1.165) is 0 Å². The van der Waals surface area contributed by atoms with Crippen LogP contribution >= 0.6 is 22.9 Å². The van der Waals surface area contributed by atoms with Crippen molar-refractivity contribution in [1.29, 1.82) is 0 Å². The fourth-order valence-corrected chi connectivity index (χ4v) is 4.93. The van der Waals surface area contributed by atoms with Crippen LogP contribution in [0.3, 0.4) is 0 Å². The molecule has 31 heavy (non-hydrogen) atoms. The second-order valence-electron chi connectivity index (χ2n) is 7.46. The monoisotopic (exact) mass is 462 g/mol. The molecule has 160 valence electrons. The van der Waals surface area contributed by atoms with Gasteiger partial charge in [-0.05, 0) is 17.7 Å². The summed E-state index contributed by atoms with van der Waals surface area (Å²) in [4.78, 5) is 35.7. The number of amidine groups is 1. The van der Waals surface area contributed by atoms with Crippen LogP contribution in [0.15, 0.2) is 46.0 Å². The smallest absolute Gasteiger partial charge is 0.407 e. The molecule has 0 bridgehead atoms. The number of amides is 1. The molecule has 11 heteroatoms. The van der Waals surface area contributed by atoms with Crippen molar-refractivity contribution in [1.82, 2.24) is 15.2 Å². The van der Waals surface area contributed by atoms with E-state index in [-0.39, 0.29) is 17.2 Å². The van der Waals surface area contributed by atoms with Gasteiger partial charge < -0.3 is 19.7 Å². The molecule has 1 spiro atoms. The van der Waals surface area contributed by atoms with Gasteiger partial charge in [0.05, 0.1) is 24.3 Å². The van der Waals surface area contributed by atoms with Crippen molar-refractivity contribution < 1.29 is 23.5 Å². The lowest BCUT2D eigenvalue weighted by molar-refractivity contribution is -0.136. The molecule has 0 radical (unpaired) electrons. The molecule has 0 aliphatic carbocycles. The SMILES string of the molecule is COC(=O)C1=C2C[C@@]3(COC(=O)N3)CN2C(c2nccs2)=N[C@H]1c1ccc(Cl)c(F)c1. The van der Waals surface area contributed by atoms with Gasteiger partial charge in [0.1, 0.15) is 24.0 Å². The Morgan fingerprint density at radius 3 is 2.97 bits per heavy atom. The van der Waals surface area contributed by atoms with E-state index in [1.807, 2.05) is 10.3 Å². The maximum absolute atomic E-state index is 14.3. The topological polar surface area (TPSA) is 93.1 Å². The largest absolute Gasteiger partial charge is 0.466 e. The number of nitrogens with one attached hydrogen (secondary N) is 1. The number of aliphatic imine (C=N–C) groups is 1. The van der Waals surface area contributed by atoms with E-state index in [1.54, 1.807) is 12.3 Å². The van der Waals surface area contributed by atoms with Crippen LogP contribution in [0.2, 0.25) is 5.02 Å². The first-order valence-corrected chi connectivity index (χ1v) is 10.6. The number of aromatic nitrogens is 1.